The highest BCUT2D eigenvalue weighted by Gasteiger charge is 1.83. The van der Waals surface area contributed by atoms with Gasteiger partial charge in [0.1, 0.15) is 0 Å². The second-order valence-corrected chi connectivity index (χ2v) is 1.97. The molecule has 0 fully saturated rings. The summed E-state index contributed by atoms with van der Waals surface area (Å²) >= 11 is 0. The van der Waals surface area contributed by atoms with Crippen molar-refractivity contribution in [1.82, 2.24) is 5.64 Å². The molecule has 0 aliphatic rings. The lowest BCUT2D eigenvalue weighted by Gasteiger charge is -2.01. The highest BCUT2D eigenvalue weighted by Crippen LogP contribution is 1.67. The van der Waals surface area contributed by atoms with Crippen LogP contribution < -0.4 is 5.64 Å². The van der Waals surface area contributed by atoms with E-state index in [2.05, 4.69) is 15.3 Å². The molecule has 0 radical (unpaired) electrons. The van der Waals surface area contributed by atoms with Gasteiger partial charge in [-0.15, -0.1) is 0 Å². The Bertz CT molecular complexity index is 115. The van der Waals surface area contributed by atoms with Crippen LogP contribution in [0.25, 0.3) is 0 Å². The van der Waals surface area contributed by atoms with Crippen molar-refractivity contribution in [1.29, 1.82) is 0 Å². The Labute approximate surface area is 82.2 Å². The van der Waals surface area contributed by atoms with Gasteiger partial charge in [0.05, 0.1) is 26.4 Å². The minimum absolute atomic E-state index is 0.0600. The third-order valence-electron chi connectivity index (χ3n) is 0.807. The predicted octanol–water partition coefficient (Wildman–Crippen LogP) is -1.10. The van der Waals surface area contributed by atoms with Crippen molar-refractivity contribution in [3.63, 3.8) is 0 Å². The molecule has 0 aliphatic carbocycles. The highest BCUT2D eigenvalue weighted by molar-refractivity contribution is 5.66. The first-order chi connectivity index (χ1) is 6.68. The maximum absolute atomic E-state index is 9.37. The van der Waals surface area contributed by atoms with Gasteiger partial charge < -0.3 is 15.3 Å². The lowest BCUT2D eigenvalue weighted by atomic mass is 10.5. The molecule has 0 unspecified atom stereocenters. The summed E-state index contributed by atoms with van der Waals surface area (Å²) in [6.45, 7) is 1.82. The molecule has 4 N–H and O–H groups in total. The molecule has 0 aromatic rings. The van der Waals surface area contributed by atoms with Gasteiger partial charge in [-0.2, -0.15) is 0 Å². The Morgan fingerprint density at radius 2 is 1.57 bits per heavy atom. The van der Waals surface area contributed by atoms with E-state index in [1.54, 1.807) is 6.92 Å². The van der Waals surface area contributed by atoms with Crippen LogP contribution in [0.5, 0.6) is 0 Å². The second kappa shape index (κ2) is 14.8. The van der Waals surface area contributed by atoms with Crippen LogP contribution >= 0.6 is 0 Å². The van der Waals surface area contributed by atoms with E-state index in [0.717, 1.165) is 0 Å². The minimum Gasteiger partial charge on any atom is -0.481 e. The van der Waals surface area contributed by atoms with Gasteiger partial charge in [-0.05, 0) is 0 Å². The summed E-state index contributed by atoms with van der Waals surface area (Å²) in [5, 5.41) is 24.0. The Kier molecular flexibility index (Phi) is 16.6. The molecule has 0 atom stereocenters. The number of carboxylic acids is 1. The zero-order valence-electron chi connectivity index (χ0n) is 8.10. The monoisotopic (exact) mass is 211 g/mol. The van der Waals surface area contributed by atoms with Gasteiger partial charge >= 0.3 is 5.97 Å². The number of nitrogens with one attached hydrogen (secondary N) is 1. The number of aliphatic hydroxyl groups is 2. The summed E-state index contributed by atoms with van der Waals surface area (Å²) in [4.78, 5) is 18.3. The molecule has 7 heteroatoms. The van der Waals surface area contributed by atoms with Crippen molar-refractivity contribution in [2.24, 2.45) is 0 Å². The number of aliphatic carboxylic acids is 1. The molecule has 0 saturated heterocycles. The maximum atomic E-state index is 9.37. The summed E-state index contributed by atoms with van der Waals surface area (Å²) < 4.78 is 0. The van der Waals surface area contributed by atoms with Crippen LogP contribution in [-0.2, 0) is 14.5 Å². The normalized spacial score (nSPS) is 9.07. The standard InChI is InChI=1S/C4H11NO4.C3H6O2/c6-1-3-8-5-9-4-2-7;1-2-3(4)5/h5-7H,1-4H2;2H2,1H3,(H,4,5). The molecule has 0 saturated carbocycles. The number of hydrogen-bond acceptors (Lipinski definition) is 6. The Morgan fingerprint density at radius 3 is 1.79 bits per heavy atom. The van der Waals surface area contributed by atoms with E-state index >= 15 is 0 Å². The van der Waals surface area contributed by atoms with Crippen molar-refractivity contribution >= 4 is 5.97 Å². The fourth-order valence-electron chi connectivity index (χ4n) is 0.216. The summed E-state index contributed by atoms with van der Waals surface area (Å²) in [6.07, 6.45) is 0.222. The van der Waals surface area contributed by atoms with Crippen LogP contribution in [0.3, 0.4) is 0 Å². The van der Waals surface area contributed by atoms with E-state index < -0.39 is 5.97 Å². The molecule has 0 amide bonds. The average molecular weight is 211 g/mol. The SMILES string of the molecule is CCC(=O)O.OCCONOCCO. The number of aliphatic hydroxyl groups excluding tert-OH is 2. The van der Waals surface area contributed by atoms with E-state index in [-0.39, 0.29) is 32.8 Å². The van der Waals surface area contributed by atoms with E-state index in [4.69, 9.17) is 15.3 Å². The first-order valence-electron chi connectivity index (χ1n) is 4.11. The van der Waals surface area contributed by atoms with Gasteiger partial charge in [-0.1, -0.05) is 12.6 Å². The summed E-state index contributed by atoms with van der Waals surface area (Å²) in [5.41, 5.74) is 2.07. The number of carbonyl (C=O) groups is 1. The maximum Gasteiger partial charge on any atom is 0.303 e. The van der Waals surface area contributed by atoms with E-state index in [1.807, 2.05) is 0 Å². The molecule has 0 heterocycles. The van der Waals surface area contributed by atoms with Gasteiger partial charge in [0.2, 0.25) is 0 Å². The van der Waals surface area contributed by atoms with Gasteiger partial charge in [-0.3, -0.25) is 14.5 Å². The fourth-order valence-corrected chi connectivity index (χ4v) is 0.216. The van der Waals surface area contributed by atoms with E-state index in [0.29, 0.717) is 0 Å². The molecule has 0 aliphatic heterocycles. The predicted molar refractivity (Wildman–Crippen MR) is 47.1 cm³/mol. The number of rotatable bonds is 7. The number of hydrogen-bond donors (Lipinski definition) is 4. The molecule has 0 bridgehead atoms. The van der Waals surface area contributed by atoms with Gasteiger partial charge in [0, 0.05) is 6.42 Å². The molecular formula is C7H17NO6. The molecule has 0 aromatic carbocycles. The molecule has 86 valence electrons. The van der Waals surface area contributed by atoms with E-state index in [1.165, 1.54) is 0 Å². The van der Waals surface area contributed by atoms with Gasteiger partial charge in [0.25, 0.3) is 0 Å². The van der Waals surface area contributed by atoms with Crippen LogP contribution in [0, 0.1) is 0 Å². The minimum atomic E-state index is -0.745. The Hall–Kier alpha value is -0.730. The van der Waals surface area contributed by atoms with Crippen molar-refractivity contribution < 1.29 is 29.8 Å². The van der Waals surface area contributed by atoms with Crippen molar-refractivity contribution in [2.45, 2.75) is 13.3 Å². The zero-order chi connectivity index (χ0) is 11.2. The molecule has 0 rings (SSSR count). The Balaban J connectivity index is 0. The third kappa shape index (κ3) is 22.5. The third-order valence-corrected chi connectivity index (χ3v) is 0.807. The first kappa shape index (κ1) is 15.7. The van der Waals surface area contributed by atoms with Crippen LogP contribution in [0.4, 0.5) is 0 Å². The summed E-state index contributed by atoms with van der Waals surface area (Å²) in [5.74, 6) is -0.745. The lowest BCUT2D eigenvalue weighted by molar-refractivity contribution is -0.178. The topological polar surface area (TPSA) is 108 Å². The van der Waals surface area contributed by atoms with Crippen molar-refractivity contribution in [2.75, 3.05) is 26.4 Å². The number of carboxylic acid groups (broad SMARTS) is 1. The van der Waals surface area contributed by atoms with Gasteiger partial charge in [-0.25, -0.2) is 0 Å². The van der Waals surface area contributed by atoms with Crippen LogP contribution in [0.15, 0.2) is 0 Å². The smallest absolute Gasteiger partial charge is 0.303 e. The first-order valence-corrected chi connectivity index (χ1v) is 4.11. The van der Waals surface area contributed by atoms with Crippen molar-refractivity contribution in [3.05, 3.63) is 0 Å². The lowest BCUT2D eigenvalue weighted by Crippen LogP contribution is -2.19. The Morgan fingerprint density at radius 1 is 1.21 bits per heavy atom. The zero-order valence-corrected chi connectivity index (χ0v) is 8.10. The molecular weight excluding hydrogens is 194 g/mol. The van der Waals surface area contributed by atoms with Crippen molar-refractivity contribution in [3.8, 4) is 0 Å². The molecule has 0 aromatic heterocycles. The highest BCUT2D eigenvalue weighted by atomic mass is 16.9. The quantitative estimate of drug-likeness (QED) is 0.313. The second-order valence-electron chi connectivity index (χ2n) is 1.97. The van der Waals surface area contributed by atoms with E-state index in [9.17, 15) is 4.79 Å². The van der Waals surface area contributed by atoms with Crippen LogP contribution in [0.2, 0.25) is 0 Å². The van der Waals surface area contributed by atoms with Gasteiger partial charge in [0.15, 0.2) is 0 Å². The summed E-state index contributed by atoms with van der Waals surface area (Å²) in [7, 11) is 0. The van der Waals surface area contributed by atoms with Crippen LogP contribution in [0.1, 0.15) is 13.3 Å². The summed E-state index contributed by atoms with van der Waals surface area (Å²) in [6, 6.07) is 0. The van der Waals surface area contributed by atoms with Crippen LogP contribution in [-0.4, -0.2) is 47.7 Å². The largest absolute Gasteiger partial charge is 0.481 e. The average Bonchev–Trinajstić information content (AvgIpc) is 2.19. The molecule has 14 heavy (non-hydrogen) atoms. The molecule has 7 nitrogen and oxygen atoms in total. The fraction of sp³-hybridized carbons (Fsp3) is 0.857. The molecule has 0 spiro atoms.